The molecule has 2 heterocycles. The van der Waals surface area contributed by atoms with Crippen LogP contribution in [0.3, 0.4) is 0 Å². The predicted molar refractivity (Wildman–Crippen MR) is 50.7 cm³/mol. The van der Waals surface area contributed by atoms with Crippen LogP contribution in [0.1, 0.15) is 19.2 Å². The summed E-state index contributed by atoms with van der Waals surface area (Å²) in [5.74, 6) is 0.757. The lowest BCUT2D eigenvalue weighted by Crippen LogP contribution is -1.95. The molecule has 0 bridgehead atoms. The van der Waals surface area contributed by atoms with E-state index in [0.717, 1.165) is 18.7 Å². The normalized spacial score (nSPS) is 10.9. The molecule has 1 N–H and O–H groups in total. The van der Waals surface area contributed by atoms with Crippen molar-refractivity contribution in [2.45, 2.75) is 19.8 Å². The van der Waals surface area contributed by atoms with Crippen molar-refractivity contribution in [3.05, 3.63) is 17.3 Å². The number of halogens is 1. The second kappa shape index (κ2) is 3.30. The lowest BCUT2D eigenvalue weighted by molar-refractivity contribution is 0.842. The Hall–Kier alpha value is -1.16. The van der Waals surface area contributed by atoms with E-state index >= 15 is 0 Å². The molecule has 0 unspecified atom stereocenters. The van der Waals surface area contributed by atoms with E-state index in [-0.39, 0.29) is 0 Å². The van der Waals surface area contributed by atoms with Crippen molar-refractivity contribution >= 4 is 22.8 Å². The van der Waals surface area contributed by atoms with E-state index < -0.39 is 0 Å². The van der Waals surface area contributed by atoms with Crippen LogP contribution in [0.4, 0.5) is 0 Å². The first kappa shape index (κ1) is 8.44. The number of nitrogens with zero attached hydrogens (tertiary/aromatic N) is 3. The zero-order chi connectivity index (χ0) is 9.26. The van der Waals surface area contributed by atoms with Crippen molar-refractivity contribution in [3.63, 3.8) is 0 Å². The minimum Gasteiger partial charge on any atom is -0.341 e. The number of imidazole rings is 1. The second-order valence-corrected chi connectivity index (χ2v) is 3.14. The Balaban J connectivity index is 2.56. The SMILES string of the molecule is CCCc1nc(Cl)c2[nH]cnc2n1. The van der Waals surface area contributed by atoms with Crippen LogP contribution < -0.4 is 0 Å². The standard InChI is InChI=1S/C8H9ClN4/c1-2-3-5-12-7(9)6-8(13-5)11-4-10-6/h4H,2-3H2,1H3,(H,10,11,12,13). The van der Waals surface area contributed by atoms with Crippen LogP contribution >= 0.6 is 11.6 Å². The summed E-state index contributed by atoms with van der Waals surface area (Å²) in [5.41, 5.74) is 1.35. The van der Waals surface area contributed by atoms with Gasteiger partial charge in [-0.2, -0.15) is 0 Å². The van der Waals surface area contributed by atoms with E-state index in [1.165, 1.54) is 0 Å². The van der Waals surface area contributed by atoms with Gasteiger partial charge in [0, 0.05) is 6.42 Å². The molecule has 0 atom stereocenters. The Morgan fingerprint density at radius 1 is 1.46 bits per heavy atom. The van der Waals surface area contributed by atoms with Gasteiger partial charge < -0.3 is 4.98 Å². The first-order valence-corrected chi connectivity index (χ1v) is 4.54. The van der Waals surface area contributed by atoms with E-state index in [2.05, 4.69) is 26.9 Å². The number of aromatic amines is 1. The highest BCUT2D eigenvalue weighted by Crippen LogP contribution is 2.16. The fourth-order valence-electron chi connectivity index (χ4n) is 1.18. The van der Waals surface area contributed by atoms with Gasteiger partial charge in [-0.1, -0.05) is 18.5 Å². The van der Waals surface area contributed by atoms with Gasteiger partial charge in [-0.3, -0.25) is 0 Å². The Morgan fingerprint density at radius 3 is 3.08 bits per heavy atom. The Labute approximate surface area is 80.4 Å². The topological polar surface area (TPSA) is 54.5 Å². The molecule has 13 heavy (non-hydrogen) atoms. The van der Waals surface area contributed by atoms with Gasteiger partial charge >= 0.3 is 0 Å². The molecule has 0 spiro atoms. The summed E-state index contributed by atoms with van der Waals surface area (Å²) in [6, 6.07) is 0. The predicted octanol–water partition coefficient (Wildman–Crippen LogP) is 1.96. The van der Waals surface area contributed by atoms with E-state index in [9.17, 15) is 0 Å². The molecule has 5 heteroatoms. The van der Waals surface area contributed by atoms with Gasteiger partial charge in [0.05, 0.1) is 6.33 Å². The van der Waals surface area contributed by atoms with Gasteiger partial charge in [0.1, 0.15) is 11.3 Å². The minimum absolute atomic E-state index is 0.450. The van der Waals surface area contributed by atoms with Gasteiger partial charge in [0.15, 0.2) is 10.8 Å². The molecule has 68 valence electrons. The molecule has 0 fully saturated rings. The lowest BCUT2D eigenvalue weighted by Gasteiger charge is -1.97. The molecule has 2 aromatic rings. The fraction of sp³-hybridized carbons (Fsp3) is 0.375. The third-order valence-corrected chi connectivity index (χ3v) is 2.03. The molecule has 2 rings (SSSR count). The molecule has 0 aliphatic rings. The number of fused-ring (bicyclic) bond motifs is 1. The molecule has 2 aromatic heterocycles. The number of rotatable bonds is 2. The first-order chi connectivity index (χ1) is 6.31. The summed E-state index contributed by atoms with van der Waals surface area (Å²) in [7, 11) is 0. The zero-order valence-corrected chi connectivity index (χ0v) is 7.97. The molecule has 0 amide bonds. The first-order valence-electron chi connectivity index (χ1n) is 4.16. The van der Waals surface area contributed by atoms with Gasteiger partial charge in [-0.25, -0.2) is 15.0 Å². The van der Waals surface area contributed by atoms with Crippen molar-refractivity contribution in [1.82, 2.24) is 19.9 Å². The molecule has 0 aliphatic carbocycles. The zero-order valence-electron chi connectivity index (χ0n) is 7.21. The largest absolute Gasteiger partial charge is 0.341 e. The summed E-state index contributed by atoms with van der Waals surface area (Å²) in [4.78, 5) is 15.3. The van der Waals surface area contributed by atoms with E-state index in [0.29, 0.717) is 16.3 Å². The average Bonchev–Trinajstić information content (AvgIpc) is 2.53. The van der Waals surface area contributed by atoms with Crippen molar-refractivity contribution in [2.75, 3.05) is 0 Å². The Morgan fingerprint density at radius 2 is 2.31 bits per heavy atom. The number of nitrogens with one attached hydrogen (secondary N) is 1. The molecular formula is C8H9ClN4. The smallest absolute Gasteiger partial charge is 0.182 e. The Kier molecular flexibility index (Phi) is 2.14. The van der Waals surface area contributed by atoms with Crippen molar-refractivity contribution in [1.29, 1.82) is 0 Å². The van der Waals surface area contributed by atoms with Gasteiger partial charge in [-0.15, -0.1) is 0 Å². The molecule has 0 saturated carbocycles. The molecule has 0 aromatic carbocycles. The third-order valence-electron chi connectivity index (χ3n) is 1.76. The summed E-state index contributed by atoms with van der Waals surface area (Å²) in [5, 5.41) is 0.450. The summed E-state index contributed by atoms with van der Waals surface area (Å²) in [6.07, 6.45) is 3.41. The van der Waals surface area contributed by atoms with Crippen molar-refractivity contribution in [3.8, 4) is 0 Å². The van der Waals surface area contributed by atoms with Crippen LogP contribution in [0.5, 0.6) is 0 Å². The molecule has 4 nitrogen and oxygen atoms in total. The highest BCUT2D eigenvalue weighted by Gasteiger charge is 2.06. The maximum Gasteiger partial charge on any atom is 0.182 e. The van der Waals surface area contributed by atoms with Gasteiger partial charge in [0.2, 0.25) is 0 Å². The Bertz CT molecular complexity index is 423. The number of hydrogen-bond acceptors (Lipinski definition) is 3. The lowest BCUT2D eigenvalue weighted by atomic mass is 10.3. The van der Waals surface area contributed by atoms with Crippen LogP contribution in [0.2, 0.25) is 5.15 Å². The number of aryl methyl sites for hydroxylation is 1. The van der Waals surface area contributed by atoms with E-state index in [1.54, 1.807) is 6.33 Å². The highest BCUT2D eigenvalue weighted by molar-refractivity contribution is 6.33. The average molecular weight is 197 g/mol. The molecule has 0 radical (unpaired) electrons. The maximum absolute atomic E-state index is 5.92. The minimum atomic E-state index is 0.450. The molecule has 0 saturated heterocycles. The quantitative estimate of drug-likeness (QED) is 0.748. The van der Waals surface area contributed by atoms with Crippen LogP contribution in [0, 0.1) is 0 Å². The molecular weight excluding hydrogens is 188 g/mol. The van der Waals surface area contributed by atoms with Gasteiger partial charge in [-0.05, 0) is 6.42 Å². The van der Waals surface area contributed by atoms with E-state index in [1.807, 2.05) is 0 Å². The van der Waals surface area contributed by atoms with Crippen LogP contribution in [0.15, 0.2) is 6.33 Å². The van der Waals surface area contributed by atoms with Crippen molar-refractivity contribution in [2.24, 2.45) is 0 Å². The second-order valence-electron chi connectivity index (χ2n) is 2.78. The maximum atomic E-state index is 5.92. The molecule has 0 aliphatic heterocycles. The van der Waals surface area contributed by atoms with Crippen LogP contribution in [0.25, 0.3) is 11.2 Å². The summed E-state index contributed by atoms with van der Waals surface area (Å²) >= 11 is 5.92. The number of hydrogen-bond donors (Lipinski definition) is 1. The van der Waals surface area contributed by atoms with Crippen molar-refractivity contribution < 1.29 is 0 Å². The van der Waals surface area contributed by atoms with Gasteiger partial charge in [0.25, 0.3) is 0 Å². The number of aromatic nitrogens is 4. The summed E-state index contributed by atoms with van der Waals surface area (Å²) in [6.45, 7) is 2.08. The highest BCUT2D eigenvalue weighted by atomic mass is 35.5. The number of H-pyrrole nitrogens is 1. The van der Waals surface area contributed by atoms with Crippen LogP contribution in [-0.2, 0) is 6.42 Å². The summed E-state index contributed by atoms with van der Waals surface area (Å²) < 4.78 is 0. The monoisotopic (exact) mass is 196 g/mol. The fourth-order valence-corrected chi connectivity index (χ4v) is 1.41. The third kappa shape index (κ3) is 1.49. The van der Waals surface area contributed by atoms with E-state index in [4.69, 9.17) is 11.6 Å². The van der Waals surface area contributed by atoms with Crippen LogP contribution in [-0.4, -0.2) is 19.9 Å².